The van der Waals surface area contributed by atoms with Gasteiger partial charge in [0.15, 0.2) is 0 Å². The third-order valence-electron chi connectivity index (χ3n) is 4.22. The highest BCUT2D eigenvalue weighted by Crippen LogP contribution is 2.35. The number of nitrogens with zero attached hydrogens (tertiary/aromatic N) is 3. The van der Waals surface area contributed by atoms with Crippen molar-refractivity contribution < 1.29 is 0 Å². The summed E-state index contributed by atoms with van der Waals surface area (Å²) in [6.45, 7) is 0. The molecule has 3 heterocycles. The highest BCUT2D eigenvalue weighted by Gasteiger charge is 2.20. The van der Waals surface area contributed by atoms with Gasteiger partial charge in [-0.25, -0.2) is 4.98 Å². The number of benzene rings is 1. The second-order valence-corrected chi connectivity index (χ2v) is 5.94. The molecule has 4 nitrogen and oxygen atoms in total. The van der Waals surface area contributed by atoms with Crippen molar-refractivity contribution in [2.45, 2.75) is 5.92 Å². The fourth-order valence-corrected chi connectivity index (χ4v) is 3.07. The van der Waals surface area contributed by atoms with E-state index < -0.39 is 0 Å². The molecule has 0 amide bonds. The Labute approximate surface area is 152 Å². The van der Waals surface area contributed by atoms with E-state index in [2.05, 4.69) is 56.7 Å². The molecule has 0 saturated carbocycles. The van der Waals surface area contributed by atoms with Crippen molar-refractivity contribution in [3.05, 3.63) is 114 Å². The van der Waals surface area contributed by atoms with Crippen molar-refractivity contribution in [3.63, 3.8) is 0 Å². The summed E-state index contributed by atoms with van der Waals surface area (Å²) in [6, 6.07) is 22.5. The van der Waals surface area contributed by atoms with Crippen molar-refractivity contribution in [3.8, 4) is 0 Å². The van der Waals surface area contributed by atoms with Crippen LogP contribution in [0.25, 0.3) is 0 Å². The van der Waals surface area contributed by atoms with Crippen LogP contribution in [0.2, 0.25) is 0 Å². The normalized spacial score (nSPS) is 11.7. The van der Waals surface area contributed by atoms with Gasteiger partial charge in [0.25, 0.3) is 0 Å². The highest BCUT2D eigenvalue weighted by atomic mass is 15.0. The van der Waals surface area contributed by atoms with E-state index in [9.17, 15) is 0 Å². The first-order valence-corrected chi connectivity index (χ1v) is 8.48. The molecule has 0 aliphatic heterocycles. The quantitative estimate of drug-likeness (QED) is 0.568. The number of pyridine rings is 3. The SMILES string of the molecule is c1ccc(C(c2cccnc2)c2cccnc2Nc2cccnc2)cc1. The first-order chi connectivity index (χ1) is 12.9. The molecule has 0 fully saturated rings. The largest absolute Gasteiger partial charge is 0.339 e. The van der Waals surface area contributed by atoms with E-state index in [1.165, 1.54) is 5.56 Å². The molecule has 1 atom stereocenters. The number of nitrogens with one attached hydrogen (secondary N) is 1. The number of rotatable bonds is 5. The van der Waals surface area contributed by atoms with Gasteiger partial charge in [0.05, 0.1) is 11.9 Å². The van der Waals surface area contributed by atoms with Crippen molar-refractivity contribution in [1.82, 2.24) is 15.0 Å². The molecule has 1 aromatic carbocycles. The second-order valence-electron chi connectivity index (χ2n) is 5.94. The van der Waals surface area contributed by atoms with Crippen molar-refractivity contribution >= 4 is 11.5 Å². The molecule has 0 radical (unpaired) electrons. The first-order valence-electron chi connectivity index (χ1n) is 8.48. The van der Waals surface area contributed by atoms with Gasteiger partial charge in [-0.2, -0.15) is 0 Å². The zero-order valence-corrected chi connectivity index (χ0v) is 14.2. The van der Waals surface area contributed by atoms with Crippen LogP contribution < -0.4 is 5.32 Å². The predicted molar refractivity (Wildman–Crippen MR) is 103 cm³/mol. The van der Waals surface area contributed by atoms with Gasteiger partial charge in [0.2, 0.25) is 0 Å². The number of hydrogen-bond acceptors (Lipinski definition) is 4. The standard InChI is InChI=1S/C22H18N4/c1-2-7-17(8-3-1)21(18-9-4-12-23-15-18)20-11-6-14-25-22(20)26-19-10-5-13-24-16-19/h1-16,21H,(H,25,26). The molecule has 4 heteroatoms. The maximum absolute atomic E-state index is 4.59. The van der Waals surface area contributed by atoms with Crippen LogP contribution in [-0.4, -0.2) is 15.0 Å². The lowest BCUT2D eigenvalue weighted by Gasteiger charge is -2.21. The Morgan fingerprint density at radius 3 is 2.12 bits per heavy atom. The smallest absolute Gasteiger partial charge is 0.134 e. The Kier molecular flexibility index (Phi) is 4.65. The minimum Gasteiger partial charge on any atom is -0.339 e. The summed E-state index contributed by atoms with van der Waals surface area (Å²) >= 11 is 0. The van der Waals surface area contributed by atoms with Gasteiger partial charge in [-0.1, -0.05) is 42.5 Å². The monoisotopic (exact) mass is 338 g/mol. The predicted octanol–water partition coefficient (Wildman–Crippen LogP) is 4.80. The van der Waals surface area contributed by atoms with Crippen LogP contribution in [0.3, 0.4) is 0 Å². The fraction of sp³-hybridized carbons (Fsp3) is 0.0455. The van der Waals surface area contributed by atoms with Crippen LogP contribution in [0.5, 0.6) is 0 Å². The van der Waals surface area contributed by atoms with Gasteiger partial charge in [0.1, 0.15) is 5.82 Å². The number of anilines is 2. The molecule has 26 heavy (non-hydrogen) atoms. The molecule has 0 aliphatic carbocycles. The van der Waals surface area contributed by atoms with Crippen LogP contribution >= 0.6 is 0 Å². The maximum Gasteiger partial charge on any atom is 0.134 e. The van der Waals surface area contributed by atoms with Crippen molar-refractivity contribution in [2.75, 3.05) is 5.32 Å². The van der Waals surface area contributed by atoms with Gasteiger partial charge >= 0.3 is 0 Å². The molecule has 4 aromatic rings. The fourth-order valence-electron chi connectivity index (χ4n) is 3.07. The van der Waals surface area contributed by atoms with Gasteiger partial charge in [-0.15, -0.1) is 0 Å². The third kappa shape index (κ3) is 3.44. The van der Waals surface area contributed by atoms with Crippen molar-refractivity contribution in [1.29, 1.82) is 0 Å². The van der Waals surface area contributed by atoms with Gasteiger partial charge < -0.3 is 5.32 Å². The Balaban J connectivity index is 1.82. The molecule has 0 saturated heterocycles. The molecule has 0 bridgehead atoms. The molecule has 0 aliphatic rings. The second kappa shape index (κ2) is 7.57. The number of aromatic nitrogens is 3. The van der Waals surface area contributed by atoms with Crippen LogP contribution in [0.1, 0.15) is 22.6 Å². The Bertz CT molecular complexity index is 917. The zero-order valence-electron chi connectivity index (χ0n) is 14.2. The summed E-state index contributed by atoms with van der Waals surface area (Å²) in [5.41, 5.74) is 4.32. The van der Waals surface area contributed by atoms with E-state index in [-0.39, 0.29) is 5.92 Å². The summed E-state index contributed by atoms with van der Waals surface area (Å²) < 4.78 is 0. The summed E-state index contributed by atoms with van der Waals surface area (Å²) in [4.78, 5) is 13.1. The Morgan fingerprint density at radius 2 is 1.38 bits per heavy atom. The van der Waals surface area contributed by atoms with Gasteiger partial charge in [-0.3, -0.25) is 9.97 Å². The van der Waals surface area contributed by atoms with Crippen molar-refractivity contribution in [2.24, 2.45) is 0 Å². The summed E-state index contributed by atoms with van der Waals surface area (Å²) in [5, 5.41) is 3.40. The zero-order chi connectivity index (χ0) is 17.6. The summed E-state index contributed by atoms with van der Waals surface area (Å²) in [5.74, 6) is 0.857. The summed E-state index contributed by atoms with van der Waals surface area (Å²) in [6.07, 6.45) is 9.06. The minimum absolute atomic E-state index is 0.0396. The van der Waals surface area contributed by atoms with E-state index in [0.29, 0.717) is 0 Å². The highest BCUT2D eigenvalue weighted by molar-refractivity contribution is 5.62. The van der Waals surface area contributed by atoms with Crippen LogP contribution in [0.15, 0.2) is 97.7 Å². The molecule has 3 aromatic heterocycles. The Hall–Kier alpha value is -3.53. The average molecular weight is 338 g/mol. The molecular weight excluding hydrogens is 320 g/mol. The van der Waals surface area contributed by atoms with Gasteiger partial charge in [0, 0.05) is 36.3 Å². The lowest BCUT2D eigenvalue weighted by molar-refractivity contribution is 0.954. The Morgan fingerprint density at radius 1 is 0.654 bits per heavy atom. The van der Waals surface area contributed by atoms with E-state index in [0.717, 1.165) is 22.6 Å². The molecular formula is C22H18N4. The molecule has 0 spiro atoms. The van der Waals surface area contributed by atoms with E-state index in [4.69, 9.17) is 0 Å². The third-order valence-corrected chi connectivity index (χ3v) is 4.22. The average Bonchev–Trinajstić information content (AvgIpc) is 2.72. The van der Waals surface area contributed by atoms with Crippen LogP contribution in [0.4, 0.5) is 11.5 Å². The molecule has 1 unspecified atom stereocenters. The topological polar surface area (TPSA) is 50.7 Å². The lowest BCUT2D eigenvalue weighted by Crippen LogP contribution is -2.08. The van der Waals surface area contributed by atoms with Gasteiger partial charge in [-0.05, 0) is 35.4 Å². The first kappa shape index (κ1) is 16.0. The maximum atomic E-state index is 4.59. The summed E-state index contributed by atoms with van der Waals surface area (Å²) in [7, 11) is 0. The van der Waals surface area contributed by atoms with E-state index >= 15 is 0 Å². The molecule has 4 rings (SSSR count). The molecule has 126 valence electrons. The van der Waals surface area contributed by atoms with E-state index in [1.807, 2.05) is 36.5 Å². The lowest BCUT2D eigenvalue weighted by atomic mass is 9.86. The molecule has 1 N–H and O–H groups in total. The number of hydrogen-bond donors (Lipinski definition) is 1. The van der Waals surface area contributed by atoms with E-state index in [1.54, 1.807) is 24.8 Å². The van der Waals surface area contributed by atoms with Crippen LogP contribution in [-0.2, 0) is 0 Å². The van der Waals surface area contributed by atoms with Crippen LogP contribution in [0, 0.1) is 0 Å². The minimum atomic E-state index is 0.0396.